The fraction of sp³-hybridized carbons (Fsp3) is 0.650. The first-order valence-corrected chi connectivity index (χ1v) is 9.59. The van der Waals surface area contributed by atoms with Crippen LogP contribution in [0.15, 0.2) is 29.3 Å². The number of piperidine rings is 1. The van der Waals surface area contributed by atoms with Crippen LogP contribution in [0.3, 0.4) is 0 Å². The van der Waals surface area contributed by atoms with Crippen LogP contribution >= 0.6 is 0 Å². The number of nitrogens with one attached hydrogen (secondary N) is 1. The number of rotatable bonds is 6. The van der Waals surface area contributed by atoms with Crippen molar-refractivity contribution < 1.29 is 17.9 Å². The van der Waals surface area contributed by atoms with Crippen LogP contribution in [-0.2, 0) is 10.9 Å². The number of guanidine groups is 1. The Labute approximate surface area is 159 Å². The molecule has 1 fully saturated rings. The van der Waals surface area contributed by atoms with Crippen LogP contribution in [0.1, 0.15) is 50.2 Å². The van der Waals surface area contributed by atoms with E-state index in [-0.39, 0.29) is 5.92 Å². The van der Waals surface area contributed by atoms with Crippen LogP contribution in [0.25, 0.3) is 0 Å². The van der Waals surface area contributed by atoms with Crippen molar-refractivity contribution in [3.8, 4) is 0 Å². The Hall–Kier alpha value is -1.76. The molecule has 4 nitrogen and oxygen atoms in total. The molecule has 2 rings (SSSR count). The predicted molar refractivity (Wildman–Crippen MR) is 102 cm³/mol. The van der Waals surface area contributed by atoms with E-state index in [0.29, 0.717) is 18.2 Å². The Morgan fingerprint density at radius 3 is 2.63 bits per heavy atom. The minimum Gasteiger partial charge on any atom is -0.378 e. The molecule has 152 valence electrons. The molecule has 1 N–H and O–H groups in total. The first-order valence-electron chi connectivity index (χ1n) is 9.59. The first-order chi connectivity index (χ1) is 12.8. The van der Waals surface area contributed by atoms with Gasteiger partial charge in [-0.1, -0.05) is 25.1 Å². The van der Waals surface area contributed by atoms with E-state index in [1.165, 1.54) is 12.1 Å². The lowest BCUT2D eigenvalue weighted by Crippen LogP contribution is -2.47. The number of alkyl halides is 3. The second kappa shape index (κ2) is 9.97. The number of ether oxygens (including phenoxy) is 1. The summed E-state index contributed by atoms with van der Waals surface area (Å²) in [6, 6.07) is 5.59. The second-order valence-electron chi connectivity index (χ2n) is 6.93. The van der Waals surface area contributed by atoms with E-state index in [1.807, 2.05) is 13.8 Å². The topological polar surface area (TPSA) is 36.9 Å². The zero-order valence-electron chi connectivity index (χ0n) is 16.4. The van der Waals surface area contributed by atoms with Gasteiger partial charge in [-0.2, -0.15) is 13.2 Å². The summed E-state index contributed by atoms with van der Waals surface area (Å²) in [6.07, 6.45) is -1.28. The molecule has 27 heavy (non-hydrogen) atoms. The molecule has 0 aliphatic carbocycles. The second-order valence-corrected chi connectivity index (χ2v) is 6.93. The summed E-state index contributed by atoms with van der Waals surface area (Å²) >= 11 is 0. The third-order valence-corrected chi connectivity index (χ3v) is 5.00. The van der Waals surface area contributed by atoms with Gasteiger partial charge in [-0.25, -0.2) is 0 Å². The lowest BCUT2D eigenvalue weighted by atomic mass is 9.96. The maximum absolute atomic E-state index is 12.9. The zero-order valence-corrected chi connectivity index (χ0v) is 16.4. The van der Waals surface area contributed by atoms with Crippen molar-refractivity contribution in [1.29, 1.82) is 0 Å². The van der Waals surface area contributed by atoms with Crippen molar-refractivity contribution in [3.05, 3.63) is 35.4 Å². The molecule has 1 aromatic carbocycles. The Bertz CT molecular complexity index is 611. The maximum Gasteiger partial charge on any atom is 0.416 e. The standard InChI is InChI=1S/C20H30F3N3O/c1-4-27-18-9-12-26(13-10-18)19(24-3)25-11-8-15(2)16-6-5-7-17(14-16)20(21,22)23/h5-7,14-15,18H,4,8-13H2,1-3H3,(H,24,25). The average molecular weight is 385 g/mol. The summed E-state index contributed by atoms with van der Waals surface area (Å²) in [4.78, 5) is 6.55. The molecule has 1 saturated heterocycles. The summed E-state index contributed by atoms with van der Waals surface area (Å²) in [6.45, 7) is 7.16. The van der Waals surface area contributed by atoms with Crippen LogP contribution in [0.5, 0.6) is 0 Å². The molecular weight excluding hydrogens is 355 g/mol. The van der Waals surface area contributed by atoms with E-state index < -0.39 is 11.7 Å². The number of likely N-dealkylation sites (tertiary alicyclic amines) is 1. The van der Waals surface area contributed by atoms with Gasteiger partial charge in [-0.15, -0.1) is 0 Å². The smallest absolute Gasteiger partial charge is 0.378 e. The monoisotopic (exact) mass is 385 g/mol. The van der Waals surface area contributed by atoms with E-state index >= 15 is 0 Å². The average Bonchev–Trinajstić information content (AvgIpc) is 2.65. The van der Waals surface area contributed by atoms with Crippen LogP contribution in [0.2, 0.25) is 0 Å². The van der Waals surface area contributed by atoms with E-state index in [2.05, 4.69) is 15.2 Å². The molecule has 0 aromatic heterocycles. The van der Waals surface area contributed by atoms with E-state index in [1.54, 1.807) is 13.1 Å². The number of hydrogen-bond acceptors (Lipinski definition) is 2. The minimum atomic E-state index is -4.30. The lowest BCUT2D eigenvalue weighted by molar-refractivity contribution is -0.137. The quantitative estimate of drug-likeness (QED) is 0.587. The normalized spacial score (nSPS) is 17.9. The van der Waals surface area contributed by atoms with Crippen molar-refractivity contribution in [2.24, 2.45) is 4.99 Å². The first kappa shape index (κ1) is 21.5. The highest BCUT2D eigenvalue weighted by Crippen LogP contribution is 2.31. The molecule has 1 aliphatic heterocycles. The van der Waals surface area contributed by atoms with Crippen molar-refractivity contribution in [2.75, 3.05) is 33.3 Å². The highest BCUT2D eigenvalue weighted by molar-refractivity contribution is 5.79. The maximum atomic E-state index is 12.9. The van der Waals surface area contributed by atoms with Crippen molar-refractivity contribution in [3.63, 3.8) is 0 Å². The van der Waals surface area contributed by atoms with Gasteiger partial charge < -0.3 is 15.0 Å². The Morgan fingerprint density at radius 2 is 2.04 bits per heavy atom. The molecule has 0 saturated carbocycles. The molecule has 0 amide bonds. The zero-order chi connectivity index (χ0) is 19.9. The number of aliphatic imine (C=N–C) groups is 1. The van der Waals surface area contributed by atoms with Gasteiger partial charge in [0.15, 0.2) is 5.96 Å². The van der Waals surface area contributed by atoms with Crippen LogP contribution < -0.4 is 5.32 Å². The molecule has 7 heteroatoms. The van der Waals surface area contributed by atoms with Gasteiger partial charge in [0, 0.05) is 33.3 Å². The highest BCUT2D eigenvalue weighted by Gasteiger charge is 2.30. The summed E-state index contributed by atoms with van der Waals surface area (Å²) in [5.74, 6) is 0.878. The number of benzene rings is 1. The van der Waals surface area contributed by atoms with Gasteiger partial charge in [0.25, 0.3) is 0 Å². The number of hydrogen-bond donors (Lipinski definition) is 1. The molecular formula is C20H30F3N3O. The van der Waals surface area contributed by atoms with Crippen LogP contribution in [0.4, 0.5) is 13.2 Å². The predicted octanol–water partition coefficient (Wildman–Crippen LogP) is 4.28. The Morgan fingerprint density at radius 1 is 1.33 bits per heavy atom. The van der Waals surface area contributed by atoms with Crippen molar-refractivity contribution in [2.45, 2.75) is 51.3 Å². The lowest BCUT2D eigenvalue weighted by Gasteiger charge is -2.34. The molecule has 0 spiro atoms. The third kappa shape index (κ3) is 6.41. The molecule has 1 aromatic rings. The Kier molecular flexibility index (Phi) is 7.95. The third-order valence-electron chi connectivity index (χ3n) is 5.00. The fourth-order valence-corrected chi connectivity index (χ4v) is 3.39. The van der Waals surface area contributed by atoms with Gasteiger partial charge >= 0.3 is 6.18 Å². The molecule has 0 radical (unpaired) electrons. The summed E-state index contributed by atoms with van der Waals surface area (Å²) in [5.41, 5.74) is 0.118. The van der Waals surface area contributed by atoms with Gasteiger partial charge in [-0.3, -0.25) is 4.99 Å². The fourth-order valence-electron chi connectivity index (χ4n) is 3.39. The molecule has 1 aliphatic rings. The summed E-state index contributed by atoms with van der Waals surface area (Å²) in [7, 11) is 1.76. The molecule has 1 unspecified atom stereocenters. The van der Waals surface area contributed by atoms with Crippen LogP contribution in [-0.4, -0.2) is 50.3 Å². The van der Waals surface area contributed by atoms with Gasteiger partial charge in [0.05, 0.1) is 11.7 Å². The summed E-state index contributed by atoms with van der Waals surface area (Å²) < 4.78 is 44.3. The van der Waals surface area contributed by atoms with E-state index in [0.717, 1.165) is 51.0 Å². The van der Waals surface area contributed by atoms with Gasteiger partial charge in [-0.05, 0) is 43.7 Å². The van der Waals surface area contributed by atoms with Crippen molar-refractivity contribution in [1.82, 2.24) is 10.2 Å². The molecule has 1 atom stereocenters. The molecule has 0 bridgehead atoms. The van der Waals surface area contributed by atoms with Gasteiger partial charge in [0.2, 0.25) is 0 Å². The van der Waals surface area contributed by atoms with Gasteiger partial charge in [0.1, 0.15) is 0 Å². The number of nitrogens with zero attached hydrogens (tertiary/aromatic N) is 2. The summed E-state index contributed by atoms with van der Waals surface area (Å²) in [5, 5.41) is 3.34. The highest BCUT2D eigenvalue weighted by atomic mass is 19.4. The Balaban J connectivity index is 1.82. The number of halogens is 3. The molecule has 1 heterocycles. The van der Waals surface area contributed by atoms with E-state index in [4.69, 9.17) is 4.74 Å². The largest absolute Gasteiger partial charge is 0.416 e. The van der Waals surface area contributed by atoms with Crippen LogP contribution in [0, 0.1) is 0 Å². The SMILES string of the molecule is CCOC1CCN(C(=NC)NCCC(C)c2cccc(C(F)(F)F)c2)CC1. The minimum absolute atomic E-state index is 0.0293. The van der Waals surface area contributed by atoms with Crippen molar-refractivity contribution >= 4 is 5.96 Å². The van der Waals surface area contributed by atoms with E-state index in [9.17, 15) is 13.2 Å².